The van der Waals surface area contributed by atoms with Crippen molar-refractivity contribution in [1.29, 1.82) is 0 Å². The van der Waals surface area contributed by atoms with Gasteiger partial charge in [0.1, 0.15) is 0 Å². The third-order valence-corrected chi connectivity index (χ3v) is 3.37. The van der Waals surface area contributed by atoms with Crippen molar-refractivity contribution < 1.29 is 19.0 Å². The van der Waals surface area contributed by atoms with Crippen molar-refractivity contribution in [3.05, 3.63) is 23.8 Å². The van der Waals surface area contributed by atoms with Gasteiger partial charge in [-0.2, -0.15) is 0 Å². The van der Waals surface area contributed by atoms with Crippen LogP contribution in [0.25, 0.3) is 0 Å². The first kappa shape index (κ1) is 12.3. The number of rotatable bonds is 3. The zero-order valence-electron chi connectivity index (χ0n) is 10.4. The smallest absolute Gasteiger partial charge is 0.231 e. The number of carbonyl (C=O) groups excluding carboxylic acids is 1. The molecule has 3 rings (SSSR count). The maximum Gasteiger partial charge on any atom is 0.231 e. The molecule has 0 aliphatic carbocycles. The summed E-state index contributed by atoms with van der Waals surface area (Å²) in [5, 5.41) is 2.87. The van der Waals surface area contributed by atoms with E-state index in [9.17, 15) is 4.79 Å². The van der Waals surface area contributed by atoms with E-state index in [1.165, 1.54) is 0 Å². The number of amides is 1. The van der Waals surface area contributed by atoms with E-state index in [0.717, 1.165) is 11.3 Å². The first-order valence-corrected chi connectivity index (χ1v) is 6.23. The van der Waals surface area contributed by atoms with Crippen LogP contribution in [0, 0.1) is 5.92 Å². The molecule has 1 aromatic carbocycles. The molecule has 6 nitrogen and oxygen atoms in total. The van der Waals surface area contributed by atoms with Gasteiger partial charge < -0.3 is 25.3 Å². The van der Waals surface area contributed by atoms with Crippen LogP contribution in [-0.2, 0) is 16.1 Å². The van der Waals surface area contributed by atoms with Crippen molar-refractivity contribution in [2.24, 2.45) is 11.7 Å². The van der Waals surface area contributed by atoms with Crippen LogP contribution < -0.4 is 20.5 Å². The Hall–Kier alpha value is -1.79. The van der Waals surface area contributed by atoms with Crippen molar-refractivity contribution in [3.63, 3.8) is 0 Å². The number of ether oxygens (including phenoxy) is 3. The van der Waals surface area contributed by atoms with Crippen molar-refractivity contribution in [1.82, 2.24) is 5.32 Å². The Morgan fingerprint density at radius 1 is 1.32 bits per heavy atom. The van der Waals surface area contributed by atoms with Gasteiger partial charge in [0, 0.05) is 12.6 Å². The van der Waals surface area contributed by atoms with Gasteiger partial charge in [-0.15, -0.1) is 0 Å². The van der Waals surface area contributed by atoms with Crippen LogP contribution in [0.1, 0.15) is 5.56 Å². The van der Waals surface area contributed by atoms with E-state index in [1.807, 2.05) is 18.2 Å². The zero-order chi connectivity index (χ0) is 13.2. The molecule has 3 N–H and O–H groups in total. The monoisotopic (exact) mass is 264 g/mol. The zero-order valence-corrected chi connectivity index (χ0v) is 10.4. The van der Waals surface area contributed by atoms with Gasteiger partial charge >= 0.3 is 0 Å². The Labute approximate surface area is 110 Å². The summed E-state index contributed by atoms with van der Waals surface area (Å²) in [5.74, 6) is 1.13. The number of nitrogens with one attached hydrogen (secondary N) is 1. The normalized spacial score (nSPS) is 24.5. The standard InChI is InChI=1S/C13H16N2O4/c14-10-6-17-5-9(10)13(16)15-4-8-1-2-11-12(3-8)19-7-18-11/h1-3,9-10H,4-7,14H2,(H,15,16). The van der Waals surface area contributed by atoms with Crippen LogP contribution in [0.5, 0.6) is 11.5 Å². The predicted molar refractivity (Wildman–Crippen MR) is 66.7 cm³/mol. The molecule has 1 amide bonds. The van der Waals surface area contributed by atoms with Gasteiger partial charge in [0.25, 0.3) is 0 Å². The molecule has 2 unspecified atom stereocenters. The number of fused-ring (bicyclic) bond motifs is 1. The van der Waals surface area contributed by atoms with E-state index in [4.69, 9.17) is 19.9 Å². The van der Waals surface area contributed by atoms with Crippen LogP contribution in [0.3, 0.4) is 0 Å². The van der Waals surface area contributed by atoms with E-state index in [2.05, 4.69) is 5.32 Å². The summed E-state index contributed by atoms with van der Waals surface area (Å²) < 4.78 is 15.7. The lowest BCUT2D eigenvalue weighted by molar-refractivity contribution is -0.125. The third-order valence-electron chi connectivity index (χ3n) is 3.37. The Morgan fingerprint density at radius 3 is 2.95 bits per heavy atom. The molecule has 1 fully saturated rings. The van der Waals surface area contributed by atoms with Crippen molar-refractivity contribution >= 4 is 5.91 Å². The van der Waals surface area contributed by atoms with Gasteiger partial charge in [0.15, 0.2) is 11.5 Å². The fraction of sp³-hybridized carbons (Fsp3) is 0.462. The molecule has 0 spiro atoms. The molecule has 102 valence electrons. The van der Waals surface area contributed by atoms with Crippen LogP contribution in [0.15, 0.2) is 18.2 Å². The average Bonchev–Trinajstić information content (AvgIpc) is 3.03. The topological polar surface area (TPSA) is 82.8 Å². The molecule has 0 radical (unpaired) electrons. The van der Waals surface area contributed by atoms with Crippen molar-refractivity contribution in [2.45, 2.75) is 12.6 Å². The molecule has 2 heterocycles. The van der Waals surface area contributed by atoms with Gasteiger partial charge in [0.05, 0.1) is 19.1 Å². The number of benzene rings is 1. The van der Waals surface area contributed by atoms with Gasteiger partial charge in [-0.3, -0.25) is 4.79 Å². The average molecular weight is 264 g/mol. The SMILES string of the molecule is NC1COCC1C(=O)NCc1ccc2c(c1)OCO2. The van der Waals surface area contributed by atoms with E-state index < -0.39 is 0 Å². The summed E-state index contributed by atoms with van der Waals surface area (Å²) in [6.45, 7) is 1.54. The summed E-state index contributed by atoms with van der Waals surface area (Å²) >= 11 is 0. The van der Waals surface area contributed by atoms with Gasteiger partial charge in [0.2, 0.25) is 12.7 Å². The molecule has 19 heavy (non-hydrogen) atoms. The maximum atomic E-state index is 11.9. The van der Waals surface area contributed by atoms with Gasteiger partial charge in [-0.25, -0.2) is 0 Å². The lowest BCUT2D eigenvalue weighted by atomic mass is 10.0. The Bertz CT molecular complexity index is 492. The highest BCUT2D eigenvalue weighted by Gasteiger charge is 2.31. The largest absolute Gasteiger partial charge is 0.454 e. The van der Waals surface area contributed by atoms with Gasteiger partial charge in [-0.1, -0.05) is 6.07 Å². The number of nitrogens with two attached hydrogens (primary N) is 1. The summed E-state index contributed by atoms with van der Waals surface area (Å²) in [6, 6.07) is 5.40. The minimum absolute atomic E-state index is 0.0670. The fourth-order valence-electron chi connectivity index (χ4n) is 2.21. The molecule has 2 aliphatic rings. The molecule has 1 saturated heterocycles. The fourth-order valence-corrected chi connectivity index (χ4v) is 2.21. The van der Waals surface area contributed by atoms with E-state index in [1.54, 1.807) is 0 Å². The van der Waals surface area contributed by atoms with Crippen LogP contribution in [0.4, 0.5) is 0 Å². The number of hydrogen-bond donors (Lipinski definition) is 2. The molecular weight excluding hydrogens is 248 g/mol. The highest BCUT2D eigenvalue weighted by Crippen LogP contribution is 2.32. The number of carbonyl (C=O) groups is 1. The number of hydrogen-bond acceptors (Lipinski definition) is 5. The molecule has 2 atom stereocenters. The molecule has 0 aromatic heterocycles. The first-order chi connectivity index (χ1) is 9.24. The second-order valence-electron chi connectivity index (χ2n) is 4.71. The van der Waals surface area contributed by atoms with E-state index in [-0.39, 0.29) is 24.7 Å². The van der Waals surface area contributed by atoms with Crippen LogP contribution in [-0.4, -0.2) is 32.0 Å². The minimum atomic E-state index is -0.256. The lowest BCUT2D eigenvalue weighted by Gasteiger charge is -2.13. The molecule has 0 saturated carbocycles. The summed E-state index contributed by atoms with van der Waals surface area (Å²) in [5.41, 5.74) is 6.76. The molecule has 0 bridgehead atoms. The molecular formula is C13H16N2O4. The quantitative estimate of drug-likeness (QED) is 0.803. The maximum absolute atomic E-state index is 11.9. The van der Waals surface area contributed by atoms with Gasteiger partial charge in [-0.05, 0) is 17.7 Å². The minimum Gasteiger partial charge on any atom is -0.454 e. The first-order valence-electron chi connectivity index (χ1n) is 6.23. The molecule has 6 heteroatoms. The van der Waals surface area contributed by atoms with Crippen molar-refractivity contribution in [3.8, 4) is 11.5 Å². The molecule has 1 aromatic rings. The third kappa shape index (κ3) is 2.50. The summed E-state index contributed by atoms with van der Waals surface area (Å²) in [4.78, 5) is 11.9. The van der Waals surface area contributed by atoms with E-state index >= 15 is 0 Å². The predicted octanol–water partition coefficient (Wildman–Crippen LogP) is 0.00520. The van der Waals surface area contributed by atoms with Crippen LogP contribution in [0.2, 0.25) is 0 Å². The highest BCUT2D eigenvalue weighted by atomic mass is 16.7. The Balaban J connectivity index is 1.58. The Morgan fingerprint density at radius 2 is 2.16 bits per heavy atom. The van der Waals surface area contributed by atoms with E-state index in [0.29, 0.717) is 25.5 Å². The summed E-state index contributed by atoms with van der Waals surface area (Å²) in [6.07, 6.45) is 0. The highest BCUT2D eigenvalue weighted by molar-refractivity contribution is 5.79. The van der Waals surface area contributed by atoms with Crippen molar-refractivity contribution in [2.75, 3.05) is 20.0 Å². The Kier molecular flexibility index (Phi) is 3.27. The second kappa shape index (κ2) is 5.07. The summed E-state index contributed by atoms with van der Waals surface area (Å²) in [7, 11) is 0. The lowest BCUT2D eigenvalue weighted by Crippen LogP contribution is -2.40. The second-order valence-corrected chi connectivity index (χ2v) is 4.71. The van der Waals surface area contributed by atoms with Crippen LogP contribution >= 0.6 is 0 Å². The molecule has 2 aliphatic heterocycles.